The first kappa shape index (κ1) is 14.7. The van der Waals surface area contributed by atoms with Crippen LogP contribution in [-0.2, 0) is 0 Å². The minimum absolute atomic E-state index is 0.386. The number of anilines is 1. The van der Waals surface area contributed by atoms with Crippen LogP contribution in [0.15, 0.2) is 36.8 Å². The molecule has 0 unspecified atom stereocenters. The molecule has 1 aliphatic heterocycles. The molecule has 1 atom stereocenters. The zero-order chi connectivity index (χ0) is 16.4. The van der Waals surface area contributed by atoms with Gasteiger partial charge in [-0.2, -0.15) is 5.26 Å². The topological polar surface area (TPSA) is 89.4 Å². The van der Waals surface area contributed by atoms with Crippen LogP contribution >= 0.6 is 0 Å². The zero-order valence-electron chi connectivity index (χ0n) is 13.2. The van der Waals surface area contributed by atoms with Crippen molar-refractivity contribution >= 4 is 16.7 Å². The lowest BCUT2D eigenvalue weighted by Crippen LogP contribution is -2.38. The molecule has 0 bridgehead atoms. The summed E-state index contributed by atoms with van der Waals surface area (Å²) in [7, 11) is 0. The summed E-state index contributed by atoms with van der Waals surface area (Å²) in [5, 5.41) is 16.9. The maximum atomic E-state index is 9.12. The second-order valence-corrected chi connectivity index (χ2v) is 6.05. The number of nitriles is 1. The average Bonchev–Trinajstić information content (AvgIpc) is 3.06. The van der Waals surface area contributed by atoms with E-state index in [0.717, 1.165) is 47.5 Å². The van der Waals surface area contributed by atoms with Crippen molar-refractivity contribution in [3.63, 3.8) is 0 Å². The third-order valence-corrected chi connectivity index (χ3v) is 4.37. The van der Waals surface area contributed by atoms with Crippen LogP contribution in [0.5, 0.6) is 0 Å². The van der Waals surface area contributed by atoms with E-state index in [4.69, 9.17) is 10.2 Å². The van der Waals surface area contributed by atoms with Crippen LogP contribution in [0.25, 0.3) is 22.2 Å². The van der Waals surface area contributed by atoms with Gasteiger partial charge in [-0.15, -0.1) is 0 Å². The van der Waals surface area contributed by atoms with E-state index in [1.165, 1.54) is 6.42 Å². The summed E-state index contributed by atoms with van der Waals surface area (Å²) < 4.78 is 0. The van der Waals surface area contributed by atoms with Crippen LogP contribution in [0.3, 0.4) is 0 Å². The van der Waals surface area contributed by atoms with Gasteiger partial charge in [0.2, 0.25) is 0 Å². The number of rotatable bonds is 3. The first-order valence-electron chi connectivity index (χ1n) is 8.14. The Kier molecular flexibility index (Phi) is 3.85. The van der Waals surface area contributed by atoms with Gasteiger partial charge >= 0.3 is 0 Å². The number of fused-ring (bicyclic) bond motifs is 1. The van der Waals surface area contributed by atoms with Crippen LogP contribution in [0.1, 0.15) is 18.4 Å². The first-order valence-corrected chi connectivity index (χ1v) is 8.14. The summed E-state index contributed by atoms with van der Waals surface area (Å²) in [5.74, 6) is 0.784. The number of hydrogen-bond donors (Lipinski definition) is 3. The second kappa shape index (κ2) is 6.30. The Morgan fingerprint density at radius 3 is 3.08 bits per heavy atom. The molecule has 0 radical (unpaired) electrons. The van der Waals surface area contributed by atoms with Gasteiger partial charge in [0.05, 0.1) is 29.7 Å². The third-order valence-electron chi connectivity index (χ3n) is 4.37. The molecule has 1 aliphatic rings. The molecule has 3 heterocycles. The highest BCUT2D eigenvalue weighted by molar-refractivity contribution is 5.95. The van der Waals surface area contributed by atoms with Gasteiger partial charge in [0.25, 0.3) is 0 Å². The van der Waals surface area contributed by atoms with Crippen molar-refractivity contribution in [3.8, 4) is 17.3 Å². The summed E-state index contributed by atoms with van der Waals surface area (Å²) in [6.07, 6.45) is 7.74. The Labute approximate surface area is 139 Å². The highest BCUT2D eigenvalue weighted by Gasteiger charge is 2.14. The lowest BCUT2D eigenvalue weighted by molar-refractivity contribution is 0.479. The van der Waals surface area contributed by atoms with E-state index in [1.807, 2.05) is 24.4 Å². The second-order valence-electron chi connectivity index (χ2n) is 6.05. The van der Waals surface area contributed by atoms with Gasteiger partial charge in [0, 0.05) is 35.2 Å². The van der Waals surface area contributed by atoms with Gasteiger partial charge in [0.15, 0.2) is 0 Å². The number of nitrogens with zero attached hydrogens (tertiary/aromatic N) is 3. The molecular weight excluding hydrogens is 300 g/mol. The molecule has 1 saturated heterocycles. The molecule has 0 saturated carbocycles. The molecule has 3 aromatic rings. The van der Waals surface area contributed by atoms with E-state index in [9.17, 15) is 0 Å². The molecule has 120 valence electrons. The van der Waals surface area contributed by atoms with E-state index < -0.39 is 0 Å². The van der Waals surface area contributed by atoms with Gasteiger partial charge in [-0.3, -0.25) is 4.98 Å². The van der Waals surface area contributed by atoms with Gasteiger partial charge in [-0.1, -0.05) is 0 Å². The van der Waals surface area contributed by atoms with Crippen LogP contribution in [-0.4, -0.2) is 34.1 Å². The minimum atomic E-state index is 0.386. The average molecular weight is 318 g/mol. The molecule has 6 heteroatoms. The Morgan fingerprint density at radius 1 is 1.29 bits per heavy atom. The van der Waals surface area contributed by atoms with Crippen molar-refractivity contribution in [1.29, 1.82) is 5.26 Å². The summed E-state index contributed by atoms with van der Waals surface area (Å²) in [4.78, 5) is 12.3. The molecule has 3 N–H and O–H groups in total. The number of piperidine rings is 1. The smallest absolute Gasteiger partial charge is 0.145 e. The van der Waals surface area contributed by atoms with Crippen molar-refractivity contribution in [2.24, 2.45) is 0 Å². The number of benzene rings is 1. The molecule has 6 nitrogen and oxygen atoms in total. The summed E-state index contributed by atoms with van der Waals surface area (Å²) in [6.45, 7) is 2.03. The van der Waals surface area contributed by atoms with E-state index in [0.29, 0.717) is 11.6 Å². The Balaban J connectivity index is 1.67. The molecule has 0 amide bonds. The van der Waals surface area contributed by atoms with Gasteiger partial charge in [-0.25, -0.2) is 4.98 Å². The number of nitrogens with one attached hydrogen (secondary N) is 3. The minimum Gasteiger partial charge on any atom is -0.365 e. The summed E-state index contributed by atoms with van der Waals surface area (Å²) in [5.41, 5.74) is 3.38. The molecule has 4 rings (SSSR count). The Morgan fingerprint density at radius 2 is 2.25 bits per heavy atom. The van der Waals surface area contributed by atoms with Crippen molar-refractivity contribution < 1.29 is 0 Å². The number of hydrogen-bond acceptors (Lipinski definition) is 5. The molecular formula is C18H18N6. The highest BCUT2D eigenvalue weighted by atomic mass is 15.1. The number of aromatic nitrogens is 3. The van der Waals surface area contributed by atoms with Gasteiger partial charge < -0.3 is 15.6 Å². The lowest BCUT2D eigenvalue weighted by atomic mass is 10.1. The van der Waals surface area contributed by atoms with E-state index >= 15 is 0 Å². The molecule has 0 spiro atoms. The fraction of sp³-hybridized carbons (Fsp3) is 0.278. The summed E-state index contributed by atoms with van der Waals surface area (Å²) >= 11 is 0. The largest absolute Gasteiger partial charge is 0.365 e. The monoisotopic (exact) mass is 318 g/mol. The third kappa shape index (κ3) is 2.82. The molecule has 0 aliphatic carbocycles. The predicted octanol–water partition coefficient (Wildman–Crippen LogP) is 2.66. The van der Waals surface area contributed by atoms with E-state index in [1.54, 1.807) is 12.4 Å². The zero-order valence-corrected chi connectivity index (χ0v) is 13.2. The molecule has 24 heavy (non-hydrogen) atoms. The predicted molar refractivity (Wildman–Crippen MR) is 93.6 cm³/mol. The van der Waals surface area contributed by atoms with Crippen molar-refractivity contribution in [2.45, 2.75) is 18.9 Å². The number of aromatic amines is 1. The van der Waals surface area contributed by atoms with E-state index in [2.05, 4.69) is 26.7 Å². The van der Waals surface area contributed by atoms with Gasteiger partial charge in [0.1, 0.15) is 5.82 Å². The van der Waals surface area contributed by atoms with E-state index in [-0.39, 0.29) is 0 Å². The Bertz CT molecular complexity index is 901. The fourth-order valence-electron chi connectivity index (χ4n) is 3.15. The standard InChI is InChI=1S/C18H18N6/c19-7-12-3-4-16-14(6-12)15(9-22-16)17-10-21-11-18(24-17)23-13-2-1-5-20-8-13/h3-4,6,9-11,13,20,22H,1-2,5,8H2,(H,23,24)/t13-/m1/s1. The van der Waals surface area contributed by atoms with Crippen LogP contribution in [0, 0.1) is 11.3 Å². The van der Waals surface area contributed by atoms with Crippen LogP contribution in [0.2, 0.25) is 0 Å². The molecule has 1 fully saturated rings. The fourth-order valence-corrected chi connectivity index (χ4v) is 3.15. The normalized spacial score (nSPS) is 17.5. The summed E-state index contributed by atoms with van der Waals surface area (Å²) in [6, 6.07) is 8.18. The number of H-pyrrole nitrogens is 1. The lowest BCUT2D eigenvalue weighted by Gasteiger charge is -2.24. The van der Waals surface area contributed by atoms with Crippen LogP contribution < -0.4 is 10.6 Å². The SMILES string of the molecule is N#Cc1ccc2[nH]cc(-c3cncc(N[C@@H]4CCCNC4)n3)c2c1. The maximum absolute atomic E-state index is 9.12. The Hall–Kier alpha value is -2.91. The maximum Gasteiger partial charge on any atom is 0.145 e. The van der Waals surface area contributed by atoms with Crippen molar-refractivity contribution in [1.82, 2.24) is 20.3 Å². The first-order chi connectivity index (χ1) is 11.8. The molecule has 2 aromatic heterocycles. The van der Waals surface area contributed by atoms with Crippen molar-refractivity contribution in [3.05, 3.63) is 42.4 Å². The highest BCUT2D eigenvalue weighted by Crippen LogP contribution is 2.28. The van der Waals surface area contributed by atoms with Gasteiger partial charge in [-0.05, 0) is 37.6 Å². The van der Waals surface area contributed by atoms with Crippen molar-refractivity contribution in [2.75, 3.05) is 18.4 Å². The molecule has 1 aromatic carbocycles. The quantitative estimate of drug-likeness (QED) is 0.691. The van der Waals surface area contributed by atoms with Crippen LogP contribution in [0.4, 0.5) is 5.82 Å².